The summed E-state index contributed by atoms with van der Waals surface area (Å²) in [6.45, 7) is 7.57. The molecule has 0 saturated heterocycles. The van der Waals surface area contributed by atoms with Crippen molar-refractivity contribution in [1.82, 2.24) is 0 Å². The first-order valence-electron chi connectivity index (χ1n) is 6.76. The number of rotatable bonds is 11. The van der Waals surface area contributed by atoms with Crippen LogP contribution in [0, 0.1) is 0 Å². The van der Waals surface area contributed by atoms with Crippen LogP contribution in [0.4, 0.5) is 0 Å². The lowest BCUT2D eigenvalue weighted by Crippen LogP contribution is -2.12. The third-order valence-corrected chi connectivity index (χ3v) is 4.61. The van der Waals surface area contributed by atoms with E-state index in [9.17, 15) is 0 Å². The lowest BCUT2D eigenvalue weighted by atomic mass is 10.1. The van der Waals surface area contributed by atoms with Crippen LogP contribution in [0.1, 0.15) is 65.2 Å². The van der Waals surface area contributed by atoms with Crippen LogP contribution in [-0.4, -0.2) is 15.6 Å². The van der Waals surface area contributed by atoms with Crippen LogP contribution in [0.5, 0.6) is 0 Å². The van der Waals surface area contributed by atoms with Gasteiger partial charge in [-0.2, -0.15) is 0 Å². The van der Waals surface area contributed by atoms with Gasteiger partial charge in [-0.15, -0.1) is 0 Å². The Bertz CT molecular complexity index is 117. The third-order valence-electron chi connectivity index (χ3n) is 2.77. The van der Waals surface area contributed by atoms with E-state index in [0.29, 0.717) is 0 Å². The van der Waals surface area contributed by atoms with Gasteiger partial charge in [0.15, 0.2) is 0 Å². The van der Waals surface area contributed by atoms with Gasteiger partial charge in [0.25, 0.3) is 0 Å². The molecule has 0 aliphatic carbocycles. The quantitative estimate of drug-likeness (QED) is 0.366. The summed E-state index contributed by atoms with van der Waals surface area (Å²) in [7, 11) is -0.442. The van der Waals surface area contributed by atoms with Crippen LogP contribution in [-0.2, 0) is 4.43 Å². The van der Waals surface area contributed by atoms with E-state index in [1.54, 1.807) is 0 Å². The van der Waals surface area contributed by atoms with E-state index in [2.05, 4.69) is 20.4 Å². The molecule has 0 rings (SSSR count). The van der Waals surface area contributed by atoms with Crippen molar-refractivity contribution in [2.75, 3.05) is 6.61 Å². The Balaban J connectivity index is 2.98. The predicted octanol–water partition coefficient (Wildman–Crippen LogP) is 4.78. The molecule has 0 N–H and O–H groups in total. The second-order valence-corrected chi connectivity index (χ2v) is 6.55. The summed E-state index contributed by atoms with van der Waals surface area (Å²) in [5.41, 5.74) is 0. The lowest BCUT2D eigenvalue weighted by molar-refractivity contribution is 0.344. The molecule has 15 heavy (non-hydrogen) atoms. The van der Waals surface area contributed by atoms with Crippen LogP contribution in [0.15, 0.2) is 0 Å². The summed E-state index contributed by atoms with van der Waals surface area (Å²) >= 11 is 0. The fourth-order valence-corrected chi connectivity index (χ4v) is 3.21. The molecule has 0 aliphatic heterocycles. The van der Waals surface area contributed by atoms with E-state index in [-0.39, 0.29) is 0 Å². The van der Waals surface area contributed by atoms with Crippen molar-refractivity contribution in [1.29, 1.82) is 0 Å². The van der Waals surface area contributed by atoms with E-state index in [1.165, 1.54) is 57.4 Å². The molecule has 1 nitrogen and oxygen atoms in total. The molecule has 1 radical (unpaired) electrons. The average Bonchev–Trinajstić information content (AvgIpc) is 2.22. The highest BCUT2D eigenvalue weighted by Crippen LogP contribution is 2.11. The minimum absolute atomic E-state index is 0.442. The number of hydrogen-bond donors (Lipinski definition) is 0. The molecule has 0 amide bonds. The number of unbranched alkanes of at least 4 members (excludes halogenated alkanes) is 7. The summed E-state index contributed by atoms with van der Waals surface area (Å²) in [6.07, 6.45) is 11.4. The molecule has 0 aromatic heterocycles. The van der Waals surface area contributed by atoms with Crippen LogP contribution in [0.2, 0.25) is 12.6 Å². The Kier molecular flexibility index (Phi) is 12.4. The first kappa shape index (κ1) is 15.2. The molecule has 0 saturated carbocycles. The fraction of sp³-hybridized carbons (Fsp3) is 1.00. The SMILES string of the molecule is CCCCCCCCCC[Si](C)OCC. The van der Waals surface area contributed by atoms with Crippen LogP contribution < -0.4 is 0 Å². The van der Waals surface area contributed by atoms with Gasteiger partial charge in [0.1, 0.15) is 0 Å². The predicted molar refractivity (Wildman–Crippen MR) is 70.7 cm³/mol. The topological polar surface area (TPSA) is 9.23 Å². The second kappa shape index (κ2) is 12.2. The van der Waals surface area contributed by atoms with Crippen LogP contribution in [0.25, 0.3) is 0 Å². The largest absolute Gasteiger partial charge is 0.417 e. The van der Waals surface area contributed by atoms with Crippen molar-refractivity contribution in [2.24, 2.45) is 0 Å². The van der Waals surface area contributed by atoms with Gasteiger partial charge in [0, 0.05) is 6.61 Å². The highest BCUT2D eigenvalue weighted by molar-refractivity contribution is 6.50. The van der Waals surface area contributed by atoms with Crippen LogP contribution in [0.3, 0.4) is 0 Å². The Hall–Kier alpha value is 0.177. The van der Waals surface area contributed by atoms with Crippen molar-refractivity contribution >= 4 is 9.04 Å². The normalized spacial score (nSPS) is 11.2. The van der Waals surface area contributed by atoms with Gasteiger partial charge in [-0.1, -0.05) is 58.3 Å². The van der Waals surface area contributed by atoms with Gasteiger partial charge in [0.2, 0.25) is 9.04 Å². The van der Waals surface area contributed by atoms with Gasteiger partial charge in [-0.25, -0.2) is 0 Å². The second-order valence-electron chi connectivity index (χ2n) is 4.36. The molecule has 0 spiro atoms. The molecule has 0 heterocycles. The van der Waals surface area contributed by atoms with Crippen LogP contribution >= 0.6 is 0 Å². The minimum atomic E-state index is -0.442. The molecular weight excluding hydrogens is 200 g/mol. The molecule has 2 heteroatoms. The summed E-state index contributed by atoms with van der Waals surface area (Å²) in [5, 5.41) is 0. The highest BCUT2D eigenvalue weighted by atomic mass is 28.3. The first-order valence-corrected chi connectivity index (χ1v) is 8.88. The first-order chi connectivity index (χ1) is 7.31. The van der Waals surface area contributed by atoms with E-state index >= 15 is 0 Å². The zero-order valence-corrected chi connectivity index (χ0v) is 12.0. The Morgan fingerprint density at radius 1 is 0.800 bits per heavy atom. The van der Waals surface area contributed by atoms with E-state index < -0.39 is 9.04 Å². The van der Waals surface area contributed by atoms with Crippen molar-refractivity contribution in [2.45, 2.75) is 77.8 Å². The summed E-state index contributed by atoms with van der Waals surface area (Å²) in [5.74, 6) is 0. The van der Waals surface area contributed by atoms with Gasteiger partial charge in [0.05, 0.1) is 0 Å². The summed E-state index contributed by atoms with van der Waals surface area (Å²) in [4.78, 5) is 0. The van der Waals surface area contributed by atoms with E-state index in [4.69, 9.17) is 4.43 Å². The van der Waals surface area contributed by atoms with Gasteiger partial charge >= 0.3 is 0 Å². The molecule has 0 bridgehead atoms. The van der Waals surface area contributed by atoms with Gasteiger partial charge in [-0.05, 0) is 19.5 Å². The molecule has 0 atom stereocenters. The van der Waals surface area contributed by atoms with E-state index in [0.717, 1.165) is 6.61 Å². The summed E-state index contributed by atoms with van der Waals surface area (Å²) in [6, 6.07) is 1.34. The standard InChI is InChI=1S/C13H29OSi/c1-4-6-7-8-9-10-11-12-13-15(3)14-5-2/h4-13H2,1-3H3. The molecule has 0 fully saturated rings. The smallest absolute Gasteiger partial charge is 0.208 e. The van der Waals surface area contributed by atoms with E-state index in [1.807, 2.05) is 0 Å². The van der Waals surface area contributed by atoms with Crippen molar-refractivity contribution in [3.05, 3.63) is 0 Å². The van der Waals surface area contributed by atoms with Crippen molar-refractivity contribution in [3.8, 4) is 0 Å². The Labute approximate surface area is 98.3 Å². The Morgan fingerprint density at radius 2 is 1.33 bits per heavy atom. The van der Waals surface area contributed by atoms with Crippen molar-refractivity contribution in [3.63, 3.8) is 0 Å². The molecular formula is C13H29OSi. The maximum Gasteiger partial charge on any atom is 0.208 e. The molecule has 0 aliphatic rings. The molecule has 91 valence electrons. The zero-order valence-electron chi connectivity index (χ0n) is 11.0. The molecule has 0 aromatic rings. The fourth-order valence-electron chi connectivity index (χ4n) is 1.83. The Morgan fingerprint density at radius 3 is 1.87 bits per heavy atom. The minimum Gasteiger partial charge on any atom is -0.417 e. The third kappa shape index (κ3) is 12.1. The van der Waals surface area contributed by atoms with Crippen molar-refractivity contribution < 1.29 is 4.43 Å². The average molecular weight is 229 g/mol. The maximum atomic E-state index is 5.60. The maximum absolute atomic E-state index is 5.60. The van der Waals surface area contributed by atoms with Gasteiger partial charge in [-0.3, -0.25) is 0 Å². The monoisotopic (exact) mass is 229 g/mol. The number of hydrogen-bond acceptors (Lipinski definition) is 1. The zero-order chi connectivity index (χ0) is 11.4. The summed E-state index contributed by atoms with van der Waals surface area (Å²) < 4.78 is 5.60. The van der Waals surface area contributed by atoms with Gasteiger partial charge < -0.3 is 4.43 Å². The molecule has 0 aromatic carbocycles. The molecule has 0 unspecified atom stereocenters. The highest BCUT2D eigenvalue weighted by Gasteiger charge is 2.03. The lowest BCUT2D eigenvalue weighted by Gasteiger charge is -2.08.